The first kappa shape index (κ1) is 16.5. The predicted molar refractivity (Wildman–Crippen MR) is 81.0 cm³/mol. The topological polar surface area (TPSA) is 39.1 Å². The van der Waals surface area contributed by atoms with E-state index >= 15 is 0 Å². The first-order valence-electron chi connectivity index (χ1n) is 8.02. The molecule has 1 rings (SSSR count). The van der Waals surface area contributed by atoms with Gasteiger partial charge in [0.2, 0.25) is 0 Å². The number of nitrogens with zero attached hydrogens (tertiary/aromatic N) is 2. The summed E-state index contributed by atoms with van der Waals surface area (Å²) in [5.41, 5.74) is -0.351. The Morgan fingerprint density at radius 3 is 2.47 bits per heavy atom. The van der Waals surface area contributed by atoms with E-state index in [1.165, 1.54) is 38.8 Å². The van der Waals surface area contributed by atoms with Crippen molar-refractivity contribution in [2.75, 3.05) is 26.2 Å². The van der Waals surface area contributed by atoms with E-state index in [0.717, 1.165) is 31.8 Å². The third-order valence-electron chi connectivity index (χ3n) is 4.34. The maximum atomic E-state index is 9.32. The third-order valence-corrected chi connectivity index (χ3v) is 4.34. The van der Waals surface area contributed by atoms with Crippen LogP contribution in [0.15, 0.2) is 0 Å². The van der Waals surface area contributed by atoms with Gasteiger partial charge in [0.05, 0.1) is 6.07 Å². The fourth-order valence-corrected chi connectivity index (χ4v) is 2.87. The summed E-state index contributed by atoms with van der Waals surface area (Å²) in [6, 6.07) is 2.44. The quantitative estimate of drug-likeness (QED) is 0.732. The highest BCUT2D eigenvalue weighted by Gasteiger charge is 2.25. The molecule has 0 aromatic rings. The Bertz CT molecular complexity index is 276. The van der Waals surface area contributed by atoms with Crippen molar-refractivity contribution < 1.29 is 0 Å². The van der Waals surface area contributed by atoms with E-state index < -0.39 is 0 Å². The van der Waals surface area contributed by atoms with Crippen LogP contribution in [0.4, 0.5) is 0 Å². The van der Waals surface area contributed by atoms with Gasteiger partial charge in [0.25, 0.3) is 0 Å². The summed E-state index contributed by atoms with van der Waals surface area (Å²) < 4.78 is 0. The monoisotopic (exact) mass is 265 g/mol. The van der Waals surface area contributed by atoms with Crippen LogP contribution >= 0.6 is 0 Å². The van der Waals surface area contributed by atoms with Crippen molar-refractivity contribution >= 4 is 0 Å². The highest BCUT2D eigenvalue weighted by Crippen LogP contribution is 2.22. The minimum Gasteiger partial charge on any atom is -0.303 e. The molecule has 1 saturated heterocycles. The Morgan fingerprint density at radius 2 is 1.95 bits per heavy atom. The molecule has 1 fully saturated rings. The van der Waals surface area contributed by atoms with Gasteiger partial charge >= 0.3 is 0 Å². The first-order chi connectivity index (χ1) is 9.13. The van der Waals surface area contributed by atoms with Crippen LogP contribution in [0, 0.1) is 17.2 Å². The smallest absolute Gasteiger partial charge is 0.105 e. The average molecular weight is 265 g/mol. The van der Waals surface area contributed by atoms with Gasteiger partial charge in [-0.3, -0.25) is 5.32 Å². The van der Waals surface area contributed by atoms with E-state index in [2.05, 4.69) is 30.1 Å². The Morgan fingerprint density at radius 1 is 1.26 bits per heavy atom. The number of likely N-dealkylation sites (tertiary alicyclic amines) is 1. The van der Waals surface area contributed by atoms with Gasteiger partial charge < -0.3 is 4.90 Å². The van der Waals surface area contributed by atoms with Crippen molar-refractivity contribution in [3.63, 3.8) is 0 Å². The maximum absolute atomic E-state index is 9.32. The number of hydrogen-bond acceptors (Lipinski definition) is 3. The Labute approximate surface area is 119 Å². The fraction of sp³-hybridized carbons (Fsp3) is 0.938. The number of rotatable bonds is 8. The SMILES string of the molecule is CCCNC(C)(C#N)CCN1CCC(CCC)CC1. The molecule has 1 unspecified atom stereocenters. The molecular formula is C16H31N3. The van der Waals surface area contributed by atoms with E-state index in [1.54, 1.807) is 0 Å². The van der Waals surface area contributed by atoms with Crippen molar-refractivity contribution in [1.29, 1.82) is 5.26 Å². The van der Waals surface area contributed by atoms with Crippen molar-refractivity contribution in [3.05, 3.63) is 0 Å². The zero-order valence-electron chi connectivity index (χ0n) is 13.0. The molecule has 3 heteroatoms. The molecule has 1 aliphatic rings. The summed E-state index contributed by atoms with van der Waals surface area (Å²) in [5, 5.41) is 12.7. The van der Waals surface area contributed by atoms with Crippen LogP contribution in [0.3, 0.4) is 0 Å². The second-order valence-electron chi connectivity index (χ2n) is 6.19. The molecule has 1 N–H and O–H groups in total. The van der Waals surface area contributed by atoms with Crippen LogP contribution in [-0.2, 0) is 0 Å². The van der Waals surface area contributed by atoms with Crippen LogP contribution in [0.25, 0.3) is 0 Å². The lowest BCUT2D eigenvalue weighted by Gasteiger charge is -2.34. The molecular weight excluding hydrogens is 234 g/mol. The van der Waals surface area contributed by atoms with Crippen molar-refractivity contribution in [2.24, 2.45) is 5.92 Å². The van der Waals surface area contributed by atoms with Crippen LogP contribution in [-0.4, -0.2) is 36.6 Å². The molecule has 1 aliphatic heterocycles. The normalized spacial score (nSPS) is 20.9. The van der Waals surface area contributed by atoms with Gasteiger partial charge in [0.1, 0.15) is 5.54 Å². The molecule has 19 heavy (non-hydrogen) atoms. The van der Waals surface area contributed by atoms with Crippen LogP contribution < -0.4 is 5.32 Å². The highest BCUT2D eigenvalue weighted by atomic mass is 15.1. The van der Waals surface area contributed by atoms with Crippen LogP contribution in [0.5, 0.6) is 0 Å². The summed E-state index contributed by atoms with van der Waals surface area (Å²) in [4.78, 5) is 2.54. The van der Waals surface area contributed by atoms with Crippen molar-refractivity contribution in [3.8, 4) is 6.07 Å². The fourth-order valence-electron chi connectivity index (χ4n) is 2.87. The molecule has 1 atom stereocenters. The van der Waals surface area contributed by atoms with Gasteiger partial charge in [-0.1, -0.05) is 26.7 Å². The first-order valence-corrected chi connectivity index (χ1v) is 8.02. The number of nitriles is 1. The van der Waals surface area contributed by atoms with Gasteiger partial charge in [-0.25, -0.2) is 0 Å². The number of nitrogens with one attached hydrogen (secondary N) is 1. The third kappa shape index (κ3) is 5.93. The molecule has 0 saturated carbocycles. The standard InChI is InChI=1S/C16H31N3/c1-4-6-15-7-11-19(12-8-15)13-9-16(3,14-17)18-10-5-2/h15,18H,4-13H2,1-3H3. The molecule has 0 aromatic heterocycles. The molecule has 0 spiro atoms. The van der Waals surface area contributed by atoms with E-state index in [4.69, 9.17) is 0 Å². The summed E-state index contributed by atoms with van der Waals surface area (Å²) in [7, 11) is 0. The maximum Gasteiger partial charge on any atom is 0.105 e. The molecule has 0 amide bonds. The van der Waals surface area contributed by atoms with Crippen molar-refractivity contribution in [1.82, 2.24) is 10.2 Å². The summed E-state index contributed by atoms with van der Waals surface area (Å²) >= 11 is 0. The average Bonchev–Trinajstić information content (AvgIpc) is 2.45. The molecule has 3 nitrogen and oxygen atoms in total. The lowest BCUT2D eigenvalue weighted by molar-refractivity contribution is 0.167. The molecule has 110 valence electrons. The molecule has 0 aromatic carbocycles. The Balaban J connectivity index is 2.27. The molecule has 0 radical (unpaired) electrons. The van der Waals surface area contributed by atoms with E-state index in [1.807, 2.05) is 6.92 Å². The second-order valence-corrected chi connectivity index (χ2v) is 6.19. The minimum atomic E-state index is -0.351. The Kier molecular flexibility index (Phi) is 7.41. The summed E-state index contributed by atoms with van der Waals surface area (Å²) in [6.45, 7) is 10.9. The number of hydrogen-bond donors (Lipinski definition) is 1. The zero-order valence-corrected chi connectivity index (χ0v) is 13.0. The van der Waals surface area contributed by atoms with Crippen LogP contribution in [0.1, 0.15) is 59.3 Å². The lowest BCUT2D eigenvalue weighted by atomic mass is 9.91. The van der Waals surface area contributed by atoms with Crippen molar-refractivity contribution in [2.45, 2.75) is 64.8 Å². The summed E-state index contributed by atoms with van der Waals surface area (Å²) in [5.74, 6) is 0.946. The van der Waals surface area contributed by atoms with E-state index in [9.17, 15) is 5.26 Å². The highest BCUT2D eigenvalue weighted by molar-refractivity contribution is 5.04. The molecule has 0 bridgehead atoms. The van der Waals surface area contributed by atoms with E-state index in [-0.39, 0.29) is 5.54 Å². The largest absolute Gasteiger partial charge is 0.303 e. The van der Waals surface area contributed by atoms with Gasteiger partial charge in [-0.15, -0.1) is 0 Å². The van der Waals surface area contributed by atoms with Gasteiger partial charge in [0.15, 0.2) is 0 Å². The van der Waals surface area contributed by atoms with Gasteiger partial charge in [-0.2, -0.15) is 5.26 Å². The zero-order chi connectivity index (χ0) is 14.1. The molecule has 0 aliphatic carbocycles. The van der Waals surface area contributed by atoms with Gasteiger partial charge in [-0.05, 0) is 58.2 Å². The Hall–Kier alpha value is -0.590. The second kappa shape index (κ2) is 8.55. The van der Waals surface area contributed by atoms with Crippen LogP contribution in [0.2, 0.25) is 0 Å². The van der Waals surface area contributed by atoms with Gasteiger partial charge in [0, 0.05) is 6.54 Å². The predicted octanol–water partition coefficient (Wildman–Crippen LogP) is 3.17. The number of piperidine rings is 1. The van der Waals surface area contributed by atoms with E-state index in [0.29, 0.717) is 0 Å². The lowest BCUT2D eigenvalue weighted by Crippen LogP contribution is -2.45. The summed E-state index contributed by atoms with van der Waals surface area (Å²) in [6.07, 6.45) is 7.42. The minimum absolute atomic E-state index is 0.351. The molecule has 1 heterocycles.